The van der Waals surface area contributed by atoms with Crippen molar-refractivity contribution in [3.63, 3.8) is 0 Å². The molecular weight excluding hydrogens is 200 g/mol. The fourth-order valence-corrected chi connectivity index (χ4v) is 0.744. The number of ether oxygens (including phenoxy) is 2. The maximum absolute atomic E-state index is 8.11. The van der Waals surface area contributed by atoms with Gasteiger partial charge in [0.1, 0.15) is 0 Å². The smallest absolute Gasteiger partial charge is 0.0947 e. The van der Waals surface area contributed by atoms with Crippen molar-refractivity contribution >= 4 is 0 Å². The third kappa shape index (κ3) is 8.73. The molecule has 0 spiro atoms. The molecule has 0 radical (unpaired) electrons. The second-order valence-electron chi connectivity index (χ2n) is 3.70. The van der Waals surface area contributed by atoms with E-state index >= 15 is 0 Å². The van der Waals surface area contributed by atoms with Crippen molar-refractivity contribution in [2.45, 2.75) is 25.2 Å². The van der Waals surface area contributed by atoms with Crippen LogP contribution in [0.15, 0.2) is 0 Å². The quantitative estimate of drug-likeness (QED) is 0.241. The van der Waals surface area contributed by atoms with Gasteiger partial charge >= 0.3 is 0 Å². The molecule has 2 saturated heterocycles. The van der Waals surface area contributed by atoms with Crippen LogP contribution in [0.1, 0.15) is 6.92 Å². The molecule has 0 amide bonds. The van der Waals surface area contributed by atoms with Crippen LogP contribution in [-0.2, 0) is 9.47 Å². The first-order chi connectivity index (χ1) is 7.22. The molecule has 2 aliphatic heterocycles. The summed E-state index contributed by atoms with van der Waals surface area (Å²) in [5.74, 6) is 0. The summed E-state index contributed by atoms with van der Waals surface area (Å²) in [4.78, 5) is 0. The summed E-state index contributed by atoms with van der Waals surface area (Å²) in [6.07, 6.45) is 0.343. The zero-order valence-electron chi connectivity index (χ0n) is 8.98. The second-order valence-corrected chi connectivity index (χ2v) is 3.70. The molecule has 4 N–H and O–H groups in total. The summed E-state index contributed by atoms with van der Waals surface area (Å²) in [5.41, 5.74) is 6.13. The van der Waals surface area contributed by atoms with Gasteiger partial charge in [-0.3, -0.25) is 10.9 Å². The molecule has 0 aromatic carbocycles. The van der Waals surface area contributed by atoms with Crippen molar-refractivity contribution in [3.8, 4) is 0 Å². The van der Waals surface area contributed by atoms with E-state index in [1.54, 1.807) is 0 Å². The summed E-state index contributed by atoms with van der Waals surface area (Å²) in [6, 6.07) is 0. The fraction of sp³-hybridized carbons (Fsp3) is 1.00. The summed E-state index contributed by atoms with van der Waals surface area (Å²) < 4.78 is 9.99. The molecule has 0 aromatic rings. The number of aliphatic hydroxyl groups excluding tert-OH is 2. The average Bonchev–Trinajstić information content (AvgIpc) is 3.07. The molecule has 6 heteroatoms. The maximum atomic E-state index is 8.11. The highest BCUT2D eigenvalue weighted by molar-refractivity contribution is 4.73. The van der Waals surface area contributed by atoms with Crippen molar-refractivity contribution in [3.05, 3.63) is 0 Å². The van der Waals surface area contributed by atoms with Crippen LogP contribution in [0.3, 0.4) is 0 Å². The highest BCUT2D eigenvalue weighted by Gasteiger charge is 2.23. The van der Waals surface area contributed by atoms with Crippen molar-refractivity contribution < 1.29 is 19.7 Å². The lowest BCUT2D eigenvalue weighted by atomic mass is 10.5. The van der Waals surface area contributed by atoms with Gasteiger partial charge in [-0.25, -0.2) is 0 Å². The van der Waals surface area contributed by atoms with E-state index < -0.39 is 6.10 Å². The Bertz CT molecular complexity index is 146. The topological polar surface area (TPSA) is 89.6 Å². The van der Waals surface area contributed by atoms with Gasteiger partial charge in [0.05, 0.1) is 38.1 Å². The summed E-state index contributed by atoms with van der Waals surface area (Å²) >= 11 is 0. The van der Waals surface area contributed by atoms with E-state index in [1.807, 2.05) is 0 Å². The van der Waals surface area contributed by atoms with Gasteiger partial charge in [0.15, 0.2) is 0 Å². The van der Waals surface area contributed by atoms with Crippen LogP contribution in [0.4, 0.5) is 0 Å². The second kappa shape index (κ2) is 7.10. The van der Waals surface area contributed by atoms with E-state index in [9.17, 15) is 0 Å². The van der Waals surface area contributed by atoms with Crippen molar-refractivity contribution in [1.82, 2.24) is 10.9 Å². The van der Waals surface area contributed by atoms with Gasteiger partial charge in [-0.05, 0) is 6.92 Å². The van der Waals surface area contributed by atoms with Gasteiger partial charge in [-0.15, -0.1) is 0 Å². The third-order valence-corrected chi connectivity index (χ3v) is 1.85. The molecule has 0 saturated carbocycles. The normalized spacial score (nSPS) is 29.0. The number of epoxide rings is 2. The van der Waals surface area contributed by atoms with Crippen molar-refractivity contribution in [1.29, 1.82) is 0 Å². The molecule has 0 bridgehead atoms. The summed E-state index contributed by atoms with van der Waals surface area (Å²) in [6.45, 7) is 5.03. The van der Waals surface area contributed by atoms with E-state index in [4.69, 9.17) is 19.7 Å². The monoisotopic (exact) mass is 220 g/mol. The number of nitrogens with one attached hydrogen (secondary N) is 2. The minimum Gasteiger partial charge on any atom is -0.394 e. The van der Waals surface area contributed by atoms with Crippen LogP contribution in [0, 0.1) is 0 Å². The van der Waals surface area contributed by atoms with Crippen molar-refractivity contribution in [2.24, 2.45) is 0 Å². The number of hydrazine groups is 1. The fourth-order valence-electron chi connectivity index (χ4n) is 0.744. The van der Waals surface area contributed by atoms with Gasteiger partial charge in [-0.1, -0.05) is 0 Å². The summed E-state index contributed by atoms with van der Waals surface area (Å²) in [7, 11) is 0. The van der Waals surface area contributed by atoms with Crippen LogP contribution in [0.2, 0.25) is 0 Å². The molecule has 15 heavy (non-hydrogen) atoms. The molecule has 3 atom stereocenters. The summed E-state index contributed by atoms with van der Waals surface area (Å²) in [5, 5.41) is 16.0. The van der Waals surface area contributed by atoms with Crippen LogP contribution >= 0.6 is 0 Å². The van der Waals surface area contributed by atoms with Gasteiger partial charge in [0, 0.05) is 13.1 Å². The molecule has 2 aliphatic rings. The number of rotatable bonds is 6. The standard InChI is InChI=1S/C6H12N2O2.C3H8O2/c1(5-3-9-5)7-8-2-6-4-10-6;1-3(5)2-4/h5-8H,1-4H2;3-5H,2H2,1H3. The Labute approximate surface area is 89.5 Å². The highest BCUT2D eigenvalue weighted by atomic mass is 16.6. The molecule has 2 heterocycles. The number of hydrogen-bond donors (Lipinski definition) is 4. The maximum Gasteiger partial charge on any atom is 0.0947 e. The van der Waals surface area contributed by atoms with Crippen molar-refractivity contribution in [2.75, 3.05) is 32.9 Å². The third-order valence-electron chi connectivity index (χ3n) is 1.85. The van der Waals surface area contributed by atoms with Gasteiger partial charge < -0.3 is 19.7 Å². The predicted molar refractivity (Wildman–Crippen MR) is 54.3 cm³/mol. The molecule has 2 fully saturated rings. The van der Waals surface area contributed by atoms with Crippen LogP contribution in [-0.4, -0.2) is 61.4 Å². The van der Waals surface area contributed by atoms with E-state index in [2.05, 4.69) is 10.9 Å². The minimum absolute atomic E-state index is 0.139. The molecule has 2 rings (SSSR count). The lowest BCUT2D eigenvalue weighted by Crippen LogP contribution is -2.37. The number of aliphatic hydroxyl groups is 2. The zero-order chi connectivity index (χ0) is 11.1. The van der Waals surface area contributed by atoms with Crippen LogP contribution in [0.25, 0.3) is 0 Å². The molecule has 3 unspecified atom stereocenters. The lowest BCUT2D eigenvalue weighted by molar-refractivity contribution is 0.110. The van der Waals surface area contributed by atoms with Gasteiger partial charge in [0.25, 0.3) is 0 Å². The lowest BCUT2D eigenvalue weighted by Gasteiger charge is -2.01. The highest BCUT2D eigenvalue weighted by Crippen LogP contribution is 2.07. The number of hydrogen-bond acceptors (Lipinski definition) is 6. The van der Waals surface area contributed by atoms with Gasteiger partial charge in [0.2, 0.25) is 0 Å². The van der Waals surface area contributed by atoms with E-state index in [0.29, 0.717) is 12.2 Å². The molecular formula is C9H20N2O4. The molecule has 6 nitrogen and oxygen atoms in total. The Morgan fingerprint density at radius 1 is 1.20 bits per heavy atom. The van der Waals surface area contributed by atoms with Crippen LogP contribution < -0.4 is 10.9 Å². The van der Waals surface area contributed by atoms with E-state index in [0.717, 1.165) is 26.3 Å². The molecule has 0 aromatic heterocycles. The Balaban J connectivity index is 0.000000195. The molecule has 0 aliphatic carbocycles. The Hall–Kier alpha value is -0.240. The zero-order valence-corrected chi connectivity index (χ0v) is 8.98. The van der Waals surface area contributed by atoms with Crippen LogP contribution in [0.5, 0.6) is 0 Å². The Kier molecular flexibility index (Phi) is 6.07. The first kappa shape index (κ1) is 12.8. The van der Waals surface area contributed by atoms with E-state index in [1.165, 1.54) is 6.92 Å². The predicted octanol–water partition coefficient (Wildman–Crippen LogP) is -1.76. The SMILES string of the molecule is C(NNCC1CO1)C1CO1.CC(O)CO. The average molecular weight is 220 g/mol. The van der Waals surface area contributed by atoms with E-state index in [-0.39, 0.29) is 6.61 Å². The first-order valence-electron chi connectivity index (χ1n) is 5.20. The molecule has 90 valence electrons. The first-order valence-corrected chi connectivity index (χ1v) is 5.20. The minimum atomic E-state index is -0.560. The Morgan fingerprint density at radius 3 is 1.73 bits per heavy atom. The largest absolute Gasteiger partial charge is 0.394 e. The van der Waals surface area contributed by atoms with Gasteiger partial charge in [-0.2, -0.15) is 0 Å². The Morgan fingerprint density at radius 2 is 1.53 bits per heavy atom.